The first-order valence-corrected chi connectivity index (χ1v) is 6.39. The van der Waals surface area contributed by atoms with E-state index in [2.05, 4.69) is 17.4 Å². The lowest BCUT2D eigenvalue weighted by Crippen LogP contribution is -2.04. The average molecular weight is 257 g/mol. The molecular weight excluding hydrogens is 242 g/mol. The number of carboxylic acid groups (broad SMARTS) is 1. The predicted octanol–water partition coefficient (Wildman–Crippen LogP) is 3.08. The lowest BCUT2D eigenvalue weighted by Gasteiger charge is -2.07. The molecule has 0 saturated heterocycles. The first kappa shape index (κ1) is 11.8. The van der Waals surface area contributed by atoms with Crippen molar-refractivity contribution in [2.24, 2.45) is 0 Å². The van der Waals surface area contributed by atoms with Crippen LogP contribution in [-0.4, -0.2) is 11.1 Å². The van der Waals surface area contributed by atoms with Crippen LogP contribution in [0.15, 0.2) is 34.9 Å². The maximum absolute atomic E-state index is 11.0. The van der Waals surface area contributed by atoms with Gasteiger partial charge in [0.1, 0.15) is 11.3 Å². The summed E-state index contributed by atoms with van der Waals surface area (Å²) in [6, 6.07) is 7.80. The molecule has 0 bridgehead atoms. The van der Waals surface area contributed by atoms with Crippen LogP contribution in [0.5, 0.6) is 0 Å². The molecule has 1 aliphatic carbocycles. The minimum atomic E-state index is -0.959. The number of carboxylic acids is 1. The molecule has 0 atom stereocenters. The third-order valence-corrected chi connectivity index (χ3v) is 3.53. The zero-order valence-electron chi connectivity index (χ0n) is 10.5. The van der Waals surface area contributed by atoms with Gasteiger partial charge in [0.15, 0.2) is 0 Å². The molecule has 1 aliphatic rings. The quantitative estimate of drug-likeness (QED) is 0.883. The van der Waals surface area contributed by atoms with Crippen molar-refractivity contribution in [2.45, 2.75) is 25.8 Å². The Morgan fingerprint density at radius 2 is 2.11 bits per heavy atom. The molecule has 0 fully saturated rings. The first-order valence-electron chi connectivity index (χ1n) is 6.39. The van der Waals surface area contributed by atoms with Crippen molar-refractivity contribution < 1.29 is 14.3 Å². The average Bonchev–Trinajstić information content (AvgIpc) is 3.04. The number of aryl methyl sites for hydroxylation is 2. The zero-order chi connectivity index (χ0) is 13.2. The Bertz CT molecular complexity index is 616. The summed E-state index contributed by atoms with van der Waals surface area (Å²) >= 11 is 0. The summed E-state index contributed by atoms with van der Waals surface area (Å²) in [5.41, 5.74) is 4.04. The standard InChI is InChI=1S/C15H15NO3/c17-15(18)13-6-7-19-14(13)9-16-12-5-4-10-2-1-3-11(10)8-12/h4-8,16H,1-3,9H2,(H,17,18). The molecule has 0 amide bonds. The van der Waals surface area contributed by atoms with Crippen LogP contribution in [0.1, 0.15) is 33.7 Å². The molecule has 1 aromatic heterocycles. The van der Waals surface area contributed by atoms with Gasteiger partial charge in [-0.2, -0.15) is 0 Å². The summed E-state index contributed by atoms with van der Waals surface area (Å²) in [6.07, 6.45) is 4.92. The number of aromatic carboxylic acids is 1. The van der Waals surface area contributed by atoms with Crippen LogP contribution in [0.4, 0.5) is 5.69 Å². The summed E-state index contributed by atoms with van der Waals surface area (Å²) in [5, 5.41) is 12.2. The van der Waals surface area contributed by atoms with Crippen molar-refractivity contribution in [3.8, 4) is 0 Å². The van der Waals surface area contributed by atoms with E-state index in [9.17, 15) is 4.79 Å². The van der Waals surface area contributed by atoms with Crippen LogP contribution >= 0.6 is 0 Å². The summed E-state index contributed by atoms with van der Waals surface area (Å²) < 4.78 is 5.20. The number of benzene rings is 1. The zero-order valence-corrected chi connectivity index (χ0v) is 10.5. The maximum Gasteiger partial charge on any atom is 0.339 e. The molecule has 19 heavy (non-hydrogen) atoms. The smallest absolute Gasteiger partial charge is 0.339 e. The number of hydrogen-bond acceptors (Lipinski definition) is 3. The van der Waals surface area contributed by atoms with E-state index in [-0.39, 0.29) is 5.56 Å². The second-order valence-corrected chi connectivity index (χ2v) is 4.75. The Hall–Kier alpha value is -2.23. The Kier molecular flexibility index (Phi) is 2.99. The fourth-order valence-corrected chi connectivity index (χ4v) is 2.53. The van der Waals surface area contributed by atoms with E-state index in [0.29, 0.717) is 12.3 Å². The SMILES string of the molecule is O=C(O)c1ccoc1CNc1ccc2c(c1)CCC2. The monoisotopic (exact) mass is 257 g/mol. The molecule has 0 spiro atoms. The van der Waals surface area contributed by atoms with E-state index < -0.39 is 5.97 Å². The highest BCUT2D eigenvalue weighted by Crippen LogP contribution is 2.25. The van der Waals surface area contributed by atoms with Crippen molar-refractivity contribution in [3.05, 3.63) is 53.0 Å². The Morgan fingerprint density at radius 1 is 1.26 bits per heavy atom. The van der Waals surface area contributed by atoms with Gasteiger partial charge in [0.2, 0.25) is 0 Å². The summed E-state index contributed by atoms with van der Waals surface area (Å²) in [7, 11) is 0. The third kappa shape index (κ3) is 2.34. The summed E-state index contributed by atoms with van der Waals surface area (Å²) in [4.78, 5) is 11.0. The highest BCUT2D eigenvalue weighted by molar-refractivity contribution is 5.88. The molecule has 4 heteroatoms. The van der Waals surface area contributed by atoms with Crippen LogP contribution in [0, 0.1) is 0 Å². The second-order valence-electron chi connectivity index (χ2n) is 4.75. The van der Waals surface area contributed by atoms with Crippen molar-refractivity contribution in [1.29, 1.82) is 0 Å². The van der Waals surface area contributed by atoms with Crippen LogP contribution in [0.2, 0.25) is 0 Å². The Morgan fingerprint density at radius 3 is 2.95 bits per heavy atom. The van der Waals surface area contributed by atoms with Gasteiger partial charge in [0.25, 0.3) is 0 Å². The second kappa shape index (κ2) is 4.80. The molecular formula is C15H15NO3. The van der Waals surface area contributed by atoms with Gasteiger partial charge in [-0.05, 0) is 48.6 Å². The van der Waals surface area contributed by atoms with Crippen molar-refractivity contribution >= 4 is 11.7 Å². The number of furan rings is 1. The van der Waals surface area contributed by atoms with Crippen LogP contribution in [-0.2, 0) is 19.4 Å². The molecule has 0 aliphatic heterocycles. The van der Waals surface area contributed by atoms with Gasteiger partial charge in [-0.3, -0.25) is 0 Å². The van der Waals surface area contributed by atoms with Gasteiger partial charge in [-0.15, -0.1) is 0 Å². The van der Waals surface area contributed by atoms with Gasteiger partial charge in [-0.1, -0.05) is 6.07 Å². The molecule has 0 radical (unpaired) electrons. The molecule has 1 heterocycles. The number of rotatable bonds is 4. The van der Waals surface area contributed by atoms with Crippen LogP contribution in [0.3, 0.4) is 0 Å². The molecule has 1 aromatic carbocycles. The molecule has 0 unspecified atom stereocenters. The molecule has 98 valence electrons. The molecule has 2 aromatic rings. The summed E-state index contributed by atoms with van der Waals surface area (Å²) in [5.74, 6) is -0.507. The van der Waals surface area contributed by atoms with Crippen LogP contribution < -0.4 is 5.32 Å². The highest BCUT2D eigenvalue weighted by atomic mass is 16.4. The number of nitrogens with one attached hydrogen (secondary N) is 1. The maximum atomic E-state index is 11.0. The van der Waals surface area contributed by atoms with Crippen molar-refractivity contribution in [2.75, 3.05) is 5.32 Å². The molecule has 0 saturated carbocycles. The van der Waals surface area contributed by atoms with Crippen LogP contribution in [0.25, 0.3) is 0 Å². The van der Waals surface area contributed by atoms with Gasteiger partial charge in [0.05, 0.1) is 12.8 Å². The molecule has 3 rings (SSSR count). The Balaban J connectivity index is 1.72. The van der Waals surface area contributed by atoms with Crippen molar-refractivity contribution in [1.82, 2.24) is 0 Å². The fourth-order valence-electron chi connectivity index (χ4n) is 2.53. The van der Waals surface area contributed by atoms with E-state index in [4.69, 9.17) is 9.52 Å². The lowest BCUT2D eigenvalue weighted by molar-refractivity contribution is 0.0694. The van der Waals surface area contributed by atoms with E-state index in [0.717, 1.165) is 18.5 Å². The normalized spacial score (nSPS) is 13.3. The number of hydrogen-bond donors (Lipinski definition) is 2. The van der Waals surface area contributed by atoms with Gasteiger partial charge >= 0.3 is 5.97 Å². The molecule has 4 nitrogen and oxygen atoms in total. The summed E-state index contributed by atoms with van der Waals surface area (Å²) in [6.45, 7) is 0.382. The Labute approximate surface area is 111 Å². The largest absolute Gasteiger partial charge is 0.478 e. The van der Waals surface area contributed by atoms with E-state index in [1.165, 1.54) is 29.9 Å². The van der Waals surface area contributed by atoms with Gasteiger partial charge in [0, 0.05) is 5.69 Å². The fraction of sp³-hybridized carbons (Fsp3) is 0.267. The van der Waals surface area contributed by atoms with Gasteiger partial charge < -0.3 is 14.8 Å². The van der Waals surface area contributed by atoms with Gasteiger partial charge in [-0.25, -0.2) is 4.79 Å². The topological polar surface area (TPSA) is 62.5 Å². The van der Waals surface area contributed by atoms with E-state index >= 15 is 0 Å². The number of anilines is 1. The molecule has 2 N–H and O–H groups in total. The lowest BCUT2D eigenvalue weighted by atomic mass is 10.1. The predicted molar refractivity (Wildman–Crippen MR) is 71.5 cm³/mol. The van der Waals surface area contributed by atoms with Crippen molar-refractivity contribution in [3.63, 3.8) is 0 Å². The number of fused-ring (bicyclic) bond motifs is 1. The third-order valence-electron chi connectivity index (χ3n) is 3.53. The van der Waals surface area contributed by atoms with E-state index in [1.54, 1.807) is 0 Å². The minimum Gasteiger partial charge on any atom is -0.478 e. The first-order chi connectivity index (χ1) is 9.24. The van der Waals surface area contributed by atoms with E-state index in [1.807, 2.05) is 6.07 Å². The minimum absolute atomic E-state index is 0.216. The number of carbonyl (C=O) groups is 1. The highest BCUT2D eigenvalue weighted by Gasteiger charge is 2.14.